The van der Waals surface area contributed by atoms with Gasteiger partial charge in [0, 0.05) is 5.69 Å². The Morgan fingerprint density at radius 3 is 1.78 bits per heavy atom. The Labute approximate surface area is 142 Å². The monoisotopic (exact) mass is 411 g/mol. The Balaban J connectivity index is 2.36. The summed E-state index contributed by atoms with van der Waals surface area (Å²) in [6.07, 6.45) is -6.34. The van der Waals surface area contributed by atoms with Crippen molar-refractivity contribution < 1.29 is 58.9 Å². The normalized spacial score (nSPS) is 25.8. The molecule has 1 aliphatic heterocycles. The number of hydrogen-bond acceptors (Lipinski definition) is 3. The maximum absolute atomic E-state index is 14.0. The maximum atomic E-state index is 14.0. The molecular formula is C13H6F9NO4. The minimum Gasteiger partial charge on any atom is -0.478 e. The summed E-state index contributed by atoms with van der Waals surface area (Å²) in [4.78, 5) is 22.0. The summed E-state index contributed by atoms with van der Waals surface area (Å²) in [7, 11) is 0. The van der Waals surface area contributed by atoms with E-state index in [-0.39, 0.29) is 0 Å². The molecule has 1 fully saturated rings. The van der Waals surface area contributed by atoms with Crippen LogP contribution >= 0.6 is 0 Å². The number of alkyl halides is 9. The fraction of sp³-hybridized carbons (Fsp3) is 0.385. The molecule has 0 aliphatic carbocycles. The molecule has 1 saturated heterocycles. The molecule has 1 aromatic rings. The highest BCUT2D eigenvalue weighted by Gasteiger charge is 2.96. The van der Waals surface area contributed by atoms with Gasteiger partial charge >= 0.3 is 41.6 Å². The van der Waals surface area contributed by atoms with E-state index < -0.39 is 52.9 Å². The number of rotatable bonds is 4. The molecule has 2 N–H and O–H groups in total. The van der Waals surface area contributed by atoms with E-state index in [1.54, 1.807) is 0 Å². The van der Waals surface area contributed by atoms with Crippen LogP contribution in [0.4, 0.5) is 45.2 Å². The van der Waals surface area contributed by atoms with Gasteiger partial charge in [0.2, 0.25) is 0 Å². The van der Waals surface area contributed by atoms with Crippen LogP contribution in [-0.4, -0.2) is 46.7 Å². The van der Waals surface area contributed by atoms with Crippen molar-refractivity contribution in [1.29, 1.82) is 0 Å². The Morgan fingerprint density at radius 2 is 1.41 bits per heavy atom. The second kappa shape index (κ2) is 5.74. The lowest BCUT2D eigenvalue weighted by Gasteiger charge is -2.31. The van der Waals surface area contributed by atoms with Crippen LogP contribution in [0.2, 0.25) is 0 Å². The standard InChI is InChI=1S/C13H6F9NO4/c14-9(15,8(26)23-6-3-1-5(2-4-6)7(24)25)12(20)10(16,17)11(18,19)13(21,22)27-12/h1-4H,(H,23,26)(H,24,25)/t12-/m1/s1. The van der Waals surface area contributed by atoms with Crippen molar-refractivity contribution in [2.75, 3.05) is 5.32 Å². The van der Waals surface area contributed by atoms with E-state index in [4.69, 9.17) is 5.11 Å². The molecule has 14 heteroatoms. The smallest absolute Gasteiger partial charge is 0.428 e. The van der Waals surface area contributed by atoms with Gasteiger partial charge in [-0.2, -0.15) is 39.5 Å². The minimum absolute atomic E-state index is 0.397. The number of carboxylic acids is 1. The fourth-order valence-electron chi connectivity index (χ4n) is 2.00. The molecule has 1 aliphatic rings. The summed E-state index contributed by atoms with van der Waals surface area (Å²) in [5.41, 5.74) is -1.10. The number of halogens is 9. The summed E-state index contributed by atoms with van der Waals surface area (Å²) >= 11 is 0. The molecule has 0 radical (unpaired) electrons. The SMILES string of the molecule is O=C(O)c1ccc(NC(=O)C(F)(F)[C@@]2(F)OC(F)(F)C(F)(F)C2(F)F)cc1. The molecule has 0 unspecified atom stereocenters. The summed E-state index contributed by atoms with van der Waals surface area (Å²) < 4.78 is 122. The Hall–Kier alpha value is -2.51. The Kier molecular flexibility index (Phi) is 4.42. The first kappa shape index (κ1) is 20.8. The third-order valence-electron chi connectivity index (χ3n) is 3.51. The fourth-order valence-corrected chi connectivity index (χ4v) is 2.00. The Morgan fingerprint density at radius 1 is 0.926 bits per heavy atom. The Bertz CT molecular complexity index is 780. The number of hydrogen-bond donors (Lipinski definition) is 2. The number of ether oxygens (including phenoxy) is 1. The highest BCUT2D eigenvalue weighted by atomic mass is 19.4. The zero-order valence-electron chi connectivity index (χ0n) is 12.4. The van der Waals surface area contributed by atoms with Crippen LogP contribution in [0.15, 0.2) is 24.3 Å². The molecule has 0 aromatic heterocycles. The van der Waals surface area contributed by atoms with Crippen molar-refractivity contribution >= 4 is 17.6 Å². The third kappa shape index (κ3) is 2.69. The van der Waals surface area contributed by atoms with Crippen LogP contribution in [0, 0.1) is 0 Å². The number of anilines is 1. The van der Waals surface area contributed by atoms with Crippen LogP contribution in [0.25, 0.3) is 0 Å². The van der Waals surface area contributed by atoms with Crippen LogP contribution in [0.1, 0.15) is 10.4 Å². The largest absolute Gasteiger partial charge is 0.478 e. The number of aromatic carboxylic acids is 1. The second-order valence-electron chi connectivity index (χ2n) is 5.27. The van der Waals surface area contributed by atoms with Gasteiger partial charge in [-0.05, 0) is 24.3 Å². The van der Waals surface area contributed by atoms with Crippen LogP contribution < -0.4 is 5.32 Å². The van der Waals surface area contributed by atoms with Crippen LogP contribution in [0.3, 0.4) is 0 Å². The van der Waals surface area contributed by atoms with E-state index in [1.165, 1.54) is 0 Å². The van der Waals surface area contributed by atoms with E-state index >= 15 is 0 Å². The van der Waals surface area contributed by atoms with Gasteiger partial charge in [0.25, 0.3) is 0 Å². The average Bonchev–Trinajstić information content (AvgIpc) is 2.63. The topological polar surface area (TPSA) is 75.6 Å². The zero-order chi connectivity index (χ0) is 21.1. The highest BCUT2D eigenvalue weighted by molar-refractivity contribution is 5.97. The van der Waals surface area contributed by atoms with Gasteiger partial charge in [-0.15, -0.1) is 0 Å². The number of carbonyl (C=O) groups is 2. The van der Waals surface area contributed by atoms with Gasteiger partial charge in [0.15, 0.2) is 0 Å². The van der Waals surface area contributed by atoms with Gasteiger partial charge in [-0.1, -0.05) is 0 Å². The summed E-state index contributed by atoms with van der Waals surface area (Å²) in [6, 6.07) is 2.84. The van der Waals surface area contributed by atoms with Crippen molar-refractivity contribution in [2.45, 2.75) is 29.7 Å². The van der Waals surface area contributed by atoms with Crippen molar-refractivity contribution in [3.8, 4) is 0 Å². The van der Waals surface area contributed by atoms with Crippen molar-refractivity contribution in [1.82, 2.24) is 0 Å². The van der Waals surface area contributed by atoms with Crippen molar-refractivity contribution in [3.63, 3.8) is 0 Å². The number of carbonyl (C=O) groups excluding carboxylic acids is 1. The predicted molar refractivity (Wildman–Crippen MR) is 66.7 cm³/mol. The maximum Gasteiger partial charge on any atom is 0.428 e. The molecule has 0 spiro atoms. The summed E-state index contributed by atoms with van der Waals surface area (Å²) in [5, 5.41) is 9.74. The quantitative estimate of drug-likeness (QED) is 0.744. The first-order valence-corrected chi connectivity index (χ1v) is 6.56. The molecule has 0 bridgehead atoms. The molecule has 150 valence electrons. The molecule has 1 atom stereocenters. The first-order chi connectivity index (χ1) is 12.0. The number of carboxylic acid groups (broad SMARTS) is 1. The van der Waals surface area contributed by atoms with Gasteiger partial charge in [-0.25, -0.2) is 4.79 Å². The zero-order valence-corrected chi connectivity index (χ0v) is 12.4. The van der Waals surface area contributed by atoms with E-state index in [9.17, 15) is 49.1 Å². The van der Waals surface area contributed by atoms with Gasteiger partial charge in [-0.3, -0.25) is 9.53 Å². The molecule has 0 saturated carbocycles. The number of amides is 1. The molecule has 5 nitrogen and oxygen atoms in total. The molecule has 1 aromatic carbocycles. The summed E-state index contributed by atoms with van der Waals surface area (Å²) in [6.45, 7) is 0. The van der Waals surface area contributed by atoms with E-state index in [0.717, 1.165) is 17.4 Å². The first-order valence-electron chi connectivity index (χ1n) is 6.56. The van der Waals surface area contributed by atoms with Crippen LogP contribution in [0.5, 0.6) is 0 Å². The molecule has 2 rings (SSSR count). The lowest BCUT2D eigenvalue weighted by Crippen LogP contribution is -2.63. The van der Waals surface area contributed by atoms with Crippen LogP contribution in [-0.2, 0) is 9.53 Å². The molecule has 1 heterocycles. The lowest BCUT2D eigenvalue weighted by atomic mass is 9.99. The van der Waals surface area contributed by atoms with E-state index in [1.807, 2.05) is 0 Å². The summed E-state index contributed by atoms with van der Waals surface area (Å²) in [5.74, 6) is -30.5. The number of benzene rings is 1. The third-order valence-corrected chi connectivity index (χ3v) is 3.51. The second-order valence-corrected chi connectivity index (χ2v) is 5.27. The molecular weight excluding hydrogens is 405 g/mol. The van der Waals surface area contributed by atoms with Gasteiger partial charge in [0.05, 0.1) is 5.56 Å². The predicted octanol–water partition coefficient (Wildman–Crippen LogP) is 3.52. The molecule has 27 heavy (non-hydrogen) atoms. The van der Waals surface area contributed by atoms with Gasteiger partial charge in [0.1, 0.15) is 0 Å². The van der Waals surface area contributed by atoms with E-state index in [2.05, 4.69) is 4.74 Å². The van der Waals surface area contributed by atoms with Crippen molar-refractivity contribution in [3.05, 3.63) is 29.8 Å². The highest BCUT2D eigenvalue weighted by Crippen LogP contribution is 2.64. The van der Waals surface area contributed by atoms with E-state index in [0.29, 0.717) is 12.1 Å². The minimum atomic E-state index is -6.78. The lowest BCUT2D eigenvalue weighted by molar-refractivity contribution is -0.366. The molecule has 1 amide bonds. The van der Waals surface area contributed by atoms with Crippen molar-refractivity contribution in [2.24, 2.45) is 0 Å². The average molecular weight is 411 g/mol. The number of nitrogens with one attached hydrogen (secondary N) is 1. The van der Waals surface area contributed by atoms with Gasteiger partial charge < -0.3 is 10.4 Å².